The second kappa shape index (κ2) is 9.27. The van der Waals surface area contributed by atoms with Gasteiger partial charge in [0.1, 0.15) is 0 Å². The summed E-state index contributed by atoms with van der Waals surface area (Å²) in [6.07, 6.45) is 3.62. The number of nitrogens with one attached hydrogen (secondary N) is 1. The van der Waals surface area contributed by atoms with Gasteiger partial charge in [-0.15, -0.1) is 0 Å². The lowest BCUT2D eigenvalue weighted by Crippen LogP contribution is -2.41. The van der Waals surface area contributed by atoms with Gasteiger partial charge in [-0.2, -0.15) is 0 Å². The van der Waals surface area contributed by atoms with Crippen molar-refractivity contribution in [3.8, 4) is 5.69 Å². The van der Waals surface area contributed by atoms with Crippen molar-refractivity contribution in [2.45, 2.75) is 25.9 Å². The van der Waals surface area contributed by atoms with Gasteiger partial charge in [0.25, 0.3) is 0 Å². The first kappa shape index (κ1) is 19.1. The maximum absolute atomic E-state index is 12.4. The van der Waals surface area contributed by atoms with E-state index in [1.165, 1.54) is 11.8 Å². The summed E-state index contributed by atoms with van der Waals surface area (Å²) in [7, 11) is 0. The third-order valence-corrected chi connectivity index (χ3v) is 4.70. The lowest BCUT2D eigenvalue weighted by Gasteiger charge is -2.20. The Morgan fingerprint density at radius 2 is 2.04 bits per heavy atom. The zero-order valence-electron chi connectivity index (χ0n) is 14.9. The number of aryl methyl sites for hydroxylation is 1. The van der Waals surface area contributed by atoms with Crippen LogP contribution in [0.15, 0.2) is 41.8 Å². The van der Waals surface area contributed by atoms with Crippen molar-refractivity contribution in [3.05, 3.63) is 42.2 Å². The molecule has 1 aromatic heterocycles. The highest BCUT2D eigenvalue weighted by atomic mass is 32.2. The topological polar surface area (TPSA) is 67.2 Å². The molecule has 7 heteroatoms. The average Bonchev–Trinajstić information content (AvgIpc) is 3.06. The molecule has 0 aliphatic heterocycles. The number of carbonyl (C=O) groups excluding carboxylic acids is 2. The number of para-hydroxylation sites is 1. The van der Waals surface area contributed by atoms with Crippen molar-refractivity contribution in [1.82, 2.24) is 19.8 Å². The molecule has 6 nitrogen and oxygen atoms in total. The van der Waals surface area contributed by atoms with E-state index >= 15 is 0 Å². The van der Waals surface area contributed by atoms with Crippen LogP contribution in [0.25, 0.3) is 5.69 Å². The Hall–Kier alpha value is -2.28. The van der Waals surface area contributed by atoms with Crippen LogP contribution in [0.4, 0.5) is 0 Å². The van der Waals surface area contributed by atoms with Gasteiger partial charge in [0, 0.05) is 25.5 Å². The van der Waals surface area contributed by atoms with E-state index in [0.29, 0.717) is 13.1 Å². The normalized spacial score (nSPS) is 10.5. The maximum atomic E-state index is 12.4. The average molecular weight is 360 g/mol. The SMILES string of the molecule is CCNC(=O)CN(CC)C(=O)CSc1nccn1-c1ccccc1C. The number of hydrogen-bond acceptors (Lipinski definition) is 4. The molecule has 1 heterocycles. The van der Waals surface area contributed by atoms with E-state index in [1.807, 2.05) is 55.8 Å². The summed E-state index contributed by atoms with van der Waals surface area (Å²) in [4.78, 5) is 30.0. The number of amides is 2. The molecule has 0 bridgehead atoms. The molecule has 2 amide bonds. The van der Waals surface area contributed by atoms with Crippen LogP contribution in [-0.2, 0) is 9.59 Å². The highest BCUT2D eigenvalue weighted by Crippen LogP contribution is 2.22. The molecule has 0 spiro atoms. The van der Waals surface area contributed by atoms with Crippen LogP contribution < -0.4 is 5.32 Å². The van der Waals surface area contributed by atoms with Crippen molar-refractivity contribution in [3.63, 3.8) is 0 Å². The fraction of sp³-hybridized carbons (Fsp3) is 0.389. The Bertz CT molecular complexity index is 729. The summed E-state index contributed by atoms with van der Waals surface area (Å²) in [6.45, 7) is 6.93. The lowest BCUT2D eigenvalue weighted by atomic mass is 10.2. The zero-order valence-corrected chi connectivity index (χ0v) is 15.7. The number of imidazole rings is 1. The zero-order chi connectivity index (χ0) is 18.2. The molecule has 0 aliphatic carbocycles. The van der Waals surface area contributed by atoms with E-state index in [0.717, 1.165) is 16.4 Å². The molecule has 0 atom stereocenters. The third kappa shape index (κ3) is 5.09. The van der Waals surface area contributed by atoms with E-state index in [2.05, 4.69) is 10.3 Å². The molecule has 0 aliphatic rings. The van der Waals surface area contributed by atoms with E-state index in [1.54, 1.807) is 11.1 Å². The molecular formula is C18H24N4O2S. The summed E-state index contributed by atoms with van der Waals surface area (Å²) in [6, 6.07) is 8.04. The van der Waals surface area contributed by atoms with Crippen molar-refractivity contribution >= 4 is 23.6 Å². The smallest absolute Gasteiger partial charge is 0.239 e. The van der Waals surface area contributed by atoms with Crippen molar-refractivity contribution in [2.24, 2.45) is 0 Å². The molecule has 0 fully saturated rings. The molecule has 1 N–H and O–H groups in total. The Morgan fingerprint density at radius 3 is 2.72 bits per heavy atom. The van der Waals surface area contributed by atoms with Crippen molar-refractivity contribution in [1.29, 1.82) is 0 Å². The highest BCUT2D eigenvalue weighted by molar-refractivity contribution is 7.99. The van der Waals surface area contributed by atoms with Crippen LogP contribution in [0, 0.1) is 6.92 Å². The van der Waals surface area contributed by atoms with Gasteiger partial charge in [-0.25, -0.2) is 4.98 Å². The minimum absolute atomic E-state index is 0.0712. The summed E-state index contributed by atoms with van der Waals surface area (Å²) >= 11 is 1.38. The molecule has 1 aromatic carbocycles. The van der Waals surface area contributed by atoms with Crippen molar-refractivity contribution < 1.29 is 9.59 Å². The Kier molecular flexibility index (Phi) is 7.06. The third-order valence-electron chi connectivity index (χ3n) is 3.75. The second-order valence-corrected chi connectivity index (χ2v) is 6.46. The number of thioether (sulfide) groups is 1. The fourth-order valence-electron chi connectivity index (χ4n) is 2.43. The number of nitrogens with zero attached hydrogens (tertiary/aromatic N) is 3. The van der Waals surface area contributed by atoms with Gasteiger partial charge in [0.2, 0.25) is 11.8 Å². The molecule has 2 aromatic rings. The maximum Gasteiger partial charge on any atom is 0.239 e. The predicted octanol–water partition coefficient (Wildman–Crippen LogP) is 2.26. The van der Waals surface area contributed by atoms with E-state index in [9.17, 15) is 9.59 Å². The number of likely N-dealkylation sites (N-methyl/N-ethyl adjacent to an activating group) is 2. The first-order valence-electron chi connectivity index (χ1n) is 8.33. The largest absolute Gasteiger partial charge is 0.355 e. The number of rotatable bonds is 8. The standard InChI is InChI=1S/C18H24N4O2S/c1-4-19-16(23)12-21(5-2)17(24)13-25-18-20-10-11-22(18)15-9-7-6-8-14(15)3/h6-11H,4-5,12-13H2,1-3H3,(H,19,23). The first-order valence-corrected chi connectivity index (χ1v) is 9.32. The van der Waals surface area contributed by atoms with Crippen molar-refractivity contribution in [2.75, 3.05) is 25.4 Å². The van der Waals surface area contributed by atoms with Crippen LogP contribution in [0.3, 0.4) is 0 Å². The minimum Gasteiger partial charge on any atom is -0.355 e. The predicted molar refractivity (Wildman–Crippen MR) is 100.0 cm³/mol. The van der Waals surface area contributed by atoms with Crippen LogP contribution in [0.2, 0.25) is 0 Å². The minimum atomic E-state index is -0.135. The summed E-state index contributed by atoms with van der Waals surface area (Å²) in [5.41, 5.74) is 2.18. The summed E-state index contributed by atoms with van der Waals surface area (Å²) in [5, 5.41) is 3.48. The molecule has 2 rings (SSSR count). The van der Waals surface area contributed by atoms with Crippen LogP contribution in [0.1, 0.15) is 19.4 Å². The second-order valence-electron chi connectivity index (χ2n) is 5.52. The van der Waals surface area contributed by atoms with Gasteiger partial charge in [-0.1, -0.05) is 30.0 Å². The lowest BCUT2D eigenvalue weighted by molar-refractivity contribution is -0.133. The van der Waals surface area contributed by atoms with E-state index in [4.69, 9.17) is 0 Å². The van der Waals surface area contributed by atoms with Crippen LogP contribution in [0.5, 0.6) is 0 Å². The summed E-state index contributed by atoms with van der Waals surface area (Å²) in [5.74, 6) is 0.0399. The number of benzene rings is 1. The number of hydrogen-bond donors (Lipinski definition) is 1. The van der Waals surface area contributed by atoms with E-state index < -0.39 is 0 Å². The molecule has 25 heavy (non-hydrogen) atoms. The Balaban J connectivity index is 2.02. The van der Waals surface area contributed by atoms with Crippen LogP contribution in [-0.4, -0.2) is 51.7 Å². The first-order chi connectivity index (χ1) is 12.1. The quantitative estimate of drug-likeness (QED) is 0.733. The van der Waals surface area contributed by atoms with Crippen LogP contribution >= 0.6 is 11.8 Å². The highest BCUT2D eigenvalue weighted by Gasteiger charge is 2.17. The monoisotopic (exact) mass is 360 g/mol. The van der Waals surface area contributed by atoms with Gasteiger partial charge < -0.3 is 10.2 Å². The Morgan fingerprint density at radius 1 is 1.28 bits per heavy atom. The van der Waals surface area contributed by atoms with Gasteiger partial charge in [0.05, 0.1) is 18.0 Å². The fourth-order valence-corrected chi connectivity index (χ4v) is 3.30. The molecule has 0 saturated heterocycles. The van der Waals surface area contributed by atoms with Gasteiger partial charge in [0.15, 0.2) is 5.16 Å². The number of carbonyl (C=O) groups is 2. The van der Waals surface area contributed by atoms with Gasteiger partial charge in [-0.05, 0) is 32.4 Å². The van der Waals surface area contributed by atoms with Gasteiger partial charge >= 0.3 is 0 Å². The molecule has 0 unspecified atom stereocenters. The number of aromatic nitrogens is 2. The summed E-state index contributed by atoms with van der Waals surface area (Å²) < 4.78 is 1.98. The molecule has 0 radical (unpaired) electrons. The molecule has 134 valence electrons. The van der Waals surface area contributed by atoms with E-state index in [-0.39, 0.29) is 24.1 Å². The Labute approximate surface area is 152 Å². The molecular weight excluding hydrogens is 336 g/mol. The van der Waals surface area contributed by atoms with Gasteiger partial charge in [-0.3, -0.25) is 14.2 Å². The molecule has 0 saturated carbocycles.